The maximum atomic E-state index is 13.1. The summed E-state index contributed by atoms with van der Waals surface area (Å²) in [4.78, 5) is 26.1. The van der Waals surface area contributed by atoms with Crippen molar-refractivity contribution in [3.05, 3.63) is 12.4 Å². The molecule has 3 heterocycles. The normalized spacial score (nSPS) is 30.8. The number of sulfone groups is 1. The Balaban J connectivity index is 2.04. The van der Waals surface area contributed by atoms with Crippen molar-refractivity contribution in [2.75, 3.05) is 0 Å². The fourth-order valence-corrected chi connectivity index (χ4v) is 6.52. The number of rotatable bonds is 4. The molecule has 0 radical (unpaired) electrons. The summed E-state index contributed by atoms with van der Waals surface area (Å²) in [5.41, 5.74) is 0. The van der Waals surface area contributed by atoms with Gasteiger partial charge in [-0.1, -0.05) is 0 Å². The number of carbonyl (C=O) groups excluding carboxylic acids is 2. The molecule has 0 bridgehead atoms. The van der Waals surface area contributed by atoms with Crippen LogP contribution < -0.4 is 4.68 Å². The van der Waals surface area contributed by atoms with Crippen molar-refractivity contribution in [2.45, 2.75) is 55.7 Å². The predicted molar refractivity (Wildman–Crippen MR) is 89.2 cm³/mol. The molecule has 25 heavy (non-hydrogen) atoms. The second-order valence-electron chi connectivity index (χ2n) is 7.81. The molecule has 11 heteroatoms. The van der Waals surface area contributed by atoms with Crippen molar-refractivity contribution in [1.82, 2.24) is 14.8 Å². The zero-order chi connectivity index (χ0) is 18.8. The monoisotopic (exact) mass is 387 g/mol. The van der Waals surface area contributed by atoms with Crippen LogP contribution in [0.5, 0.6) is 0 Å². The largest absolute Gasteiger partial charge is 0.518 e. The number of fused-ring (bicyclic) bond motifs is 1. The topological polar surface area (TPSA) is 102 Å². The van der Waals surface area contributed by atoms with Crippen LogP contribution >= 0.6 is 0 Å². The number of nitrogens with zero attached hydrogens (tertiary/aromatic N) is 4. The highest BCUT2D eigenvalue weighted by molar-refractivity contribution is 7.93. The highest BCUT2D eigenvalue weighted by atomic mass is 32.2. The van der Waals surface area contributed by atoms with Crippen molar-refractivity contribution < 1.29 is 27.1 Å². The summed E-state index contributed by atoms with van der Waals surface area (Å²) in [7, 11) is -4.27. The van der Waals surface area contributed by atoms with Crippen LogP contribution in [-0.4, -0.2) is 59.6 Å². The molecule has 2 fully saturated rings. The van der Waals surface area contributed by atoms with E-state index in [4.69, 9.17) is 4.43 Å². The zero-order valence-corrected chi connectivity index (χ0v) is 16.8. The van der Waals surface area contributed by atoms with Crippen LogP contribution in [0.25, 0.3) is 0 Å². The number of aromatic nitrogens is 3. The Labute approximate surface area is 147 Å². The Bertz CT molecular complexity index is 846. The zero-order valence-electron chi connectivity index (χ0n) is 15.0. The SMILES string of the molecule is C[n+]1ccn(CC2(C)C(C(=O)O[Si](C)(C)C)N3C(=O)CC3S2(=O)=O)n1. The lowest BCUT2D eigenvalue weighted by molar-refractivity contribution is -0.732. The van der Waals surface area contributed by atoms with Gasteiger partial charge in [-0.15, -0.1) is 9.36 Å². The van der Waals surface area contributed by atoms with Gasteiger partial charge in [-0.2, -0.15) is 0 Å². The molecule has 2 aliphatic heterocycles. The fraction of sp³-hybridized carbons (Fsp3) is 0.714. The van der Waals surface area contributed by atoms with Crippen LogP contribution in [0.4, 0.5) is 0 Å². The lowest BCUT2D eigenvalue weighted by Crippen LogP contribution is -2.59. The number of β-lactam (4-membered cyclic amide) rings is 1. The molecule has 0 N–H and O–H groups in total. The third-order valence-electron chi connectivity index (χ3n) is 4.63. The average molecular weight is 388 g/mol. The summed E-state index contributed by atoms with van der Waals surface area (Å²) in [5, 5.41) is 3.21. The third-order valence-corrected chi connectivity index (χ3v) is 8.20. The van der Waals surface area contributed by atoms with Crippen LogP contribution in [-0.2, 0) is 37.4 Å². The molecule has 0 saturated carbocycles. The molecule has 138 valence electrons. The van der Waals surface area contributed by atoms with Gasteiger partial charge in [-0.3, -0.25) is 9.59 Å². The van der Waals surface area contributed by atoms with Gasteiger partial charge in [0.15, 0.2) is 28.3 Å². The van der Waals surface area contributed by atoms with Crippen LogP contribution in [0.15, 0.2) is 12.4 Å². The molecule has 3 rings (SSSR count). The van der Waals surface area contributed by atoms with Crippen LogP contribution in [0.3, 0.4) is 0 Å². The highest BCUT2D eigenvalue weighted by Gasteiger charge is 2.71. The first-order chi connectivity index (χ1) is 11.4. The van der Waals surface area contributed by atoms with E-state index in [1.54, 1.807) is 24.1 Å². The Kier molecular flexibility index (Phi) is 3.88. The van der Waals surface area contributed by atoms with Crippen molar-refractivity contribution in [3.8, 4) is 0 Å². The molecular weight excluding hydrogens is 364 g/mol. The molecule has 2 saturated heterocycles. The molecule has 1 amide bonds. The second-order valence-corrected chi connectivity index (χ2v) is 14.8. The van der Waals surface area contributed by atoms with Gasteiger partial charge in [0.2, 0.25) is 14.2 Å². The Morgan fingerprint density at radius 2 is 2.12 bits per heavy atom. The maximum Gasteiger partial charge on any atom is 0.317 e. The predicted octanol–water partition coefficient (Wildman–Crippen LogP) is -0.800. The van der Waals surface area contributed by atoms with E-state index in [0.29, 0.717) is 0 Å². The van der Waals surface area contributed by atoms with Crippen molar-refractivity contribution in [1.29, 1.82) is 0 Å². The lowest BCUT2D eigenvalue weighted by atomic mass is 9.96. The number of aryl methyl sites for hydroxylation is 1. The van der Waals surface area contributed by atoms with Crippen LogP contribution in [0.1, 0.15) is 13.3 Å². The van der Waals surface area contributed by atoms with Gasteiger partial charge in [0.05, 0.1) is 11.6 Å². The second kappa shape index (κ2) is 5.37. The van der Waals surface area contributed by atoms with E-state index in [-0.39, 0.29) is 18.9 Å². The molecule has 9 nitrogen and oxygen atoms in total. The van der Waals surface area contributed by atoms with E-state index >= 15 is 0 Å². The van der Waals surface area contributed by atoms with E-state index in [9.17, 15) is 18.0 Å². The molecule has 0 aromatic carbocycles. The van der Waals surface area contributed by atoms with Crippen molar-refractivity contribution >= 4 is 30.0 Å². The molecule has 2 aliphatic rings. The number of amides is 1. The van der Waals surface area contributed by atoms with Gasteiger partial charge in [-0.05, 0) is 26.6 Å². The summed E-state index contributed by atoms with van der Waals surface area (Å²) in [6.45, 7) is 7.01. The molecule has 1 aromatic heterocycles. The van der Waals surface area contributed by atoms with Gasteiger partial charge in [0, 0.05) is 0 Å². The maximum absolute atomic E-state index is 13.1. The van der Waals surface area contributed by atoms with E-state index < -0.39 is 40.3 Å². The minimum absolute atomic E-state index is 0.0259. The number of carbonyl (C=O) groups is 2. The Morgan fingerprint density at radius 3 is 2.60 bits per heavy atom. The lowest BCUT2D eigenvalue weighted by Gasteiger charge is -2.37. The highest BCUT2D eigenvalue weighted by Crippen LogP contribution is 2.47. The summed E-state index contributed by atoms with van der Waals surface area (Å²) in [5.74, 6) is -0.974. The molecule has 0 spiro atoms. The summed E-state index contributed by atoms with van der Waals surface area (Å²) < 4.78 is 33.2. The van der Waals surface area contributed by atoms with Gasteiger partial charge in [0.25, 0.3) is 0 Å². The minimum Gasteiger partial charge on any atom is -0.518 e. The molecule has 1 aromatic rings. The first kappa shape index (κ1) is 18.1. The Morgan fingerprint density at radius 1 is 1.48 bits per heavy atom. The fourth-order valence-electron chi connectivity index (χ4n) is 3.45. The average Bonchev–Trinajstić information content (AvgIpc) is 2.88. The van der Waals surface area contributed by atoms with E-state index in [1.807, 2.05) is 19.6 Å². The summed E-state index contributed by atoms with van der Waals surface area (Å²) in [6.07, 6.45) is 3.24. The molecule has 3 atom stereocenters. The molecule has 3 unspecified atom stereocenters. The van der Waals surface area contributed by atoms with Gasteiger partial charge in [-0.25, -0.2) is 8.42 Å². The van der Waals surface area contributed by atoms with Crippen molar-refractivity contribution in [2.24, 2.45) is 7.05 Å². The summed E-state index contributed by atoms with van der Waals surface area (Å²) >= 11 is 0. The third kappa shape index (κ3) is 2.69. The van der Waals surface area contributed by atoms with Crippen LogP contribution in [0.2, 0.25) is 19.6 Å². The molecular formula is C14H23N4O5SSi+. The number of hydrogen-bond donors (Lipinski definition) is 0. The summed E-state index contributed by atoms with van der Waals surface area (Å²) in [6, 6.07) is -1.15. The molecule has 0 aliphatic carbocycles. The van der Waals surface area contributed by atoms with Crippen molar-refractivity contribution in [3.63, 3.8) is 0 Å². The van der Waals surface area contributed by atoms with E-state index in [0.717, 1.165) is 0 Å². The quantitative estimate of drug-likeness (QED) is 0.381. The first-order valence-electron chi connectivity index (χ1n) is 8.04. The van der Waals surface area contributed by atoms with Gasteiger partial charge in [0.1, 0.15) is 23.7 Å². The van der Waals surface area contributed by atoms with E-state index in [2.05, 4.69) is 5.21 Å². The standard InChI is InChI=1S/C14H23N4O5SSi/c1-14(9-17-7-6-16(2)15-17)12(13(20)23-25(3,4)5)18-10(19)8-11(18)24(14,21)22/h6-7,11-12H,8-9H2,1-5H3/q+1. The first-order valence-corrected chi connectivity index (χ1v) is 13.0. The Hall–Kier alpha value is -1.75. The van der Waals surface area contributed by atoms with Crippen LogP contribution in [0, 0.1) is 0 Å². The van der Waals surface area contributed by atoms with Gasteiger partial charge < -0.3 is 9.33 Å². The van der Waals surface area contributed by atoms with E-state index in [1.165, 1.54) is 16.5 Å². The van der Waals surface area contributed by atoms with Gasteiger partial charge >= 0.3 is 5.97 Å². The smallest absolute Gasteiger partial charge is 0.317 e. The minimum atomic E-state index is -3.75. The number of hydrogen-bond acceptors (Lipinski definition) is 6.